The molecule has 4 aliphatic rings. The van der Waals surface area contributed by atoms with Gasteiger partial charge in [-0.3, -0.25) is 19.5 Å². The number of carbonyl (C=O) groups is 2. The highest BCUT2D eigenvalue weighted by Crippen LogP contribution is 2.70. The highest BCUT2D eigenvalue weighted by Gasteiger charge is 2.72. The molecule has 1 aromatic heterocycles. The van der Waals surface area contributed by atoms with Crippen LogP contribution in [-0.2, 0) is 15.0 Å². The molecule has 4 heteroatoms. The zero-order valence-electron chi connectivity index (χ0n) is 14.0. The number of benzene rings is 1. The molecular weight excluding hydrogens is 312 g/mol. The van der Waals surface area contributed by atoms with Crippen LogP contribution in [0.1, 0.15) is 49.1 Å². The largest absolute Gasteiger partial charge is 0.276 e. The van der Waals surface area contributed by atoms with Gasteiger partial charge in [0.05, 0.1) is 5.54 Å². The van der Waals surface area contributed by atoms with E-state index in [4.69, 9.17) is 0 Å². The van der Waals surface area contributed by atoms with E-state index in [1.54, 1.807) is 4.90 Å². The van der Waals surface area contributed by atoms with Gasteiger partial charge in [0.1, 0.15) is 0 Å². The van der Waals surface area contributed by atoms with Crippen molar-refractivity contribution in [1.29, 1.82) is 0 Å². The molecule has 1 aromatic carbocycles. The quantitative estimate of drug-likeness (QED) is 0.811. The Morgan fingerprint density at radius 2 is 1.48 bits per heavy atom. The number of amides is 2. The second-order valence-corrected chi connectivity index (χ2v) is 7.91. The molecule has 2 amide bonds. The van der Waals surface area contributed by atoms with Gasteiger partial charge in [0.2, 0.25) is 11.8 Å². The van der Waals surface area contributed by atoms with Crippen molar-refractivity contribution < 1.29 is 9.59 Å². The number of likely N-dealkylation sites (tertiary alicyclic amines) is 1. The molecule has 25 heavy (non-hydrogen) atoms. The standard InChI is InChI=1S/C21H20N2O2/c24-18-10-16(15-4-2-1-3-5-15)11-19(25)23(18)21-12-20(13-21,14-21)17-6-8-22-9-7-17/h1-9,16H,10-14H2. The van der Waals surface area contributed by atoms with Gasteiger partial charge in [-0.2, -0.15) is 0 Å². The van der Waals surface area contributed by atoms with E-state index in [0.717, 1.165) is 24.8 Å². The number of imide groups is 1. The van der Waals surface area contributed by atoms with Crippen LogP contribution in [0.4, 0.5) is 0 Å². The summed E-state index contributed by atoms with van der Waals surface area (Å²) in [6, 6.07) is 14.1. The van der Waals surface area contributed by atoms with Crippen molar-refractivity contribution in [2.24, 2.45) is 0 Å². The fourth-order valence-electron chi connectivity index (χ4n) is 5.29. The predicted molar refractivity (Wildman–Crippen MR) is 92.8 cm³/mol. The van der Waals surface area contributed by atoms with Crippen LogP contribution in [0.15, 0.2) is 54.9 Å². The van der Waals surface area contributed by atoms with E-state index < -0.39 is 0 Å². The summed E-state index contributed by atoms with van der Waals surface area (Å²) in [5, 5.41) is 0. The number of hydrogen-bond acceptors (Lipinski definition) is 3. The van der Waals surface area contributed by atoms with E-state index in [9.17, 15) is 9.59 Å². The van der Waals surface area contributed by atoms with Crippen molar-refractivity contribution >= 4 is 11.8 Å². The third kappa shape index (κ3) is 2.03. The summed E-state index contributed by atoms with van der Waals surface area (Å²) in [5.74, 6) is 0.0419. The minimum absolute atomic E-state index is 0.00753. The van der Waals surface area contributed by atoms with Crippen molar-refractivity contribution in [2.75, 3.05) is 0 Å². The van der Waals surface area contributed by atoms with Crippen LogP contribution in [-0.4, -0.2) is 27.2 Å². The van der Waals surface area contributed by atoms with E-state index in [1.807, 2.05) is 42.7 Å². The molecule has 4 fully saturated rings. The lowest BCUT2D eigenvalue weighted by Crippen LogP contribution is -2.78. The van der Waals surface area contributed by atoms with Gasteiger partial charge in [0.25, 0.3) is 0 Å². The number of aromatic nitrogens is 1. The molecule has 0 spiro atoms. The molecule has 0 atom stereocenters. The smallest absolute Gasteiger partial charge is 0.230 e. The van der Waals surface area contributed by atoms with Gasteiger partial charge in [-0.25, -0.2) is 0 Å². The molecule has 6 rings (SSSR count). The lowest BCUT2D eigenvalue weighted by molar-refractivity contribution is -0.195. The van der Waals surface area contributed by atoms with Crippen LogP contribution < -0.4 is 0 Å². The van der Waals surface area contributed by atoms with Gasteiger partial charge < -0.3 is 0 Å². The number of piperidine rings is 1. The van der Waals surface area contributed by atoms with Gasteiger partial charge >= 0.3 is 0 Å². The molecule has 1 aliphatic heterocycles. The van der Waals surface area contributed by atoms with Gasteiger partial charge in [-0.1, -0.05) is 30.3 Å². The zero-order valence-corrected chi connectivity index (χ0v) is 14.0. The van der Waals surface area contributed by atoms with Gasteiger partial charge in [0.15, 0.2) is 0 Å². The van der Waals surface area contributed by atoms with Crippen LogP contribution in [0.3, 0.4) is 0 Å². The average molecular weight is 332 g/mol. The van der Waals surface area contributed by atoms with Gasteiger partial charge in [-0.05, 0) is 42.5 Å². The normalized spacial score (nSPS) is 31.4. The van der Waals surface area contributed by atoms with E-state index >= 15 is 0 Å². The van der Waals surface area contributed by atoms with E-state index in [-0.39, 0.29) is 28.7 Å². The highest BCUT2D eigenvalue weighted by atomic mass is 16.2. The Labute approximate surface area is 146 Å². The Hall–Kier alpha value is -2.49. The van der Waals surface area contributed by atoms with Crippen LogP contribution in [0.5, 0.6) is 0 Å². The van der Waals surface area contributed by atoms with Crippen molar-refractivity contribution in [3.8, 4) is 0 Å². The van der Waals surface area contributed by atoms with Crippen LogP contribution in [0, 0.1) is 0 Å². The second-order valence-electron chi connectivity index (χ2n) is 7.91. The molecule has 0 N–H and O–H groups in total. The van der Waals surface area contributed by atoms with Crippen LogP contribution in [0.2, 0.25) is 0 Å². The molecule has 126 valence electrons. The average Bonchev–Trinajstić information content (AvgIpc) is 2.56. The Bertz CT molecular complexity index is 809. The maximum Gasteiger partial charge on any atom is 0.230 e. The molecule has 0 unspecified atom stereocenters. The lowest BCUT2D eigenvalue weighted by Gasteiger charge is -2.73. The maximum absolute atomic E-state index is 12.8. The Morgan fingerprint density at radius 3 is 2.08 bits per heavy atom. The van der Waals surface area contributed by atoms with Crippen LogP contribution >= 0.6 is 0 Å². The summed E-state index contributed by atoms with van der Waals surface area (Å²) in [7, 11) is 0. The van der Waals surface area contributed by atoms with Crippen molar-refractivity contribution in [3.63, 3.8) is 0 Å². The number of pyridine rings is 1. The van der Waals surface area contributed by atoms with Crippen molar-refractivity contribution in [1.82, 2.24) is 9.88 Å². The first-order valence-corrected chi connectivity index (χ1v) is 8.93. The first-order valence-electron chi connectivity index (χ1n) is 8.93. The predicted octanol–water partition coefficient (Wildman–Crippen LogP) is 3.19. The molecule has 1 saturated heterocycles. The number of rotatable bonds is 3. The SMILES string of the molecule is O=C1CC(c2ccccc2)CC(=O)N1C12CC(c3ccncc3)(C1)C2. The number of hydrogen-bond donors (Lipinski definition) is 0. The summed E-state index contributed by atoms with van der Waals surface area (Å²) in [6.07, 6.45) is 7.28. The summed E-state index contributed by atoms with van der Waals surface area (Å²) < 4.78 is 0. The van der Waals surface area contributed by atoms with E-state index in [2.05, 4.69) is 17.1 Å². The van der Waals surface area contributed by atoms with Crippen molar-refractivity contribution in [3.05, 3.63) is 66.0 Å². The number of carbonyl (C=O) groups excluding carboxylic acids is 2. The van der Waals surface area contributed by atoms with Gasteiger partial charge in [-0.15, -0.1) is 0 Å². The molecule has 2 bridgehead atoms. The van der Waals surface area contributed by atoms with Crippen LogP contribution in [0.25, 0.3) is 0 Å². The second kappa shape index (κ2) is 5.01. The van der Waals surface area contributed by atoms with Crippen molar-refractivity contribution in [2.45, 2.75) is 49.0 Å². The fraction of sp³-hybridized carbons (Fsp3) is 0.381. The highest BCUT2D eigenvalue weighted by molar-refractivity contribution is 6.00. The first kappa shape index (κ1) is 14.8. The summed E-state index contributed by atoms with van der Waals surface area (Å²) in [6.45, 7) is 0. The summed E-state index contributed by atoms with van der Waals surface area (Å²) in [5.41, 5.74) is 2.34. The minimum atomic E-state index is -0.209. The topological polar surface area (TPSA) is 50.3 Å². The third-order valence-corrected chi connectivity index (χ3v) is 6.38. The number of nitrogens with zero attached hydrogens (tertiary/aromatic N) is 2. The molecule has 0 radical (unpaired) electrons. The summed E-state index contributed by atoms with van der Waals surface area (Å²) in [4.78, 5) is 31.3. The zero-order chi connectivity index (χ0) is 17.1. The maximum atomic E-state index is 12.8. The Kier molecular flexibility index (Phi) is 2.97. The molecular formula is C21H20N2O2. The monoisotopic (exact) mass is 332 g/mol. The fourth-order valence-corrected chi connectivity index (χ4v) is 5.29. The Balaban J connectivity index is 1.33. The van der Waals surface area contributed by atoms with E-state index in [1.165, 1.54) is 5.56 Å². The molecule has 3 aliphatic carbocycles. The van der Waals surface area contributed by atoms with Gasteiger partial charge in [0, 0.05) is 36.6 Å². The lowest BCUT2D eigenvalue weighted by atomic mass is 9.36. The first-order chi connectivity index (χ1) is 12.1. The van der Waals surface area contributed by atoms with E-state index in [0.29, 0.717) is 12.8 Å². The molecule has 2 aromatic rings. The molecule has 3 saturated carbocycles. The summed E-state index contributed by atoms with van der Waals surface area (Å²) >= 11 is 0. The molecule has 2 heterocycles. The minimum Gasteiger partial charge on any atom is -0.276 e. The Morgan fingerprint density at radius 1 is 0.880 bits per heavy atom. The molecule has 4 nitrogen and oxygen atoms in total. The third-order valence-electron chi connectivity index (χ3n) is 6.38.